The van der Waals surface area contributed by atoms with Gasteiger partial charge in [-0.05, 0) is 12.5 Å². The van der Waals surface area contributed by atoms with E-state index in [2.05, 4.69) is 5.10 Å². The molecule has 0 fully saturated rings. The molecule has 1 atom stereocenters. The van der Waals surface area contributed by atoms with Gasteiger partial charge in [0.2, 0.25) is 0 Å². The molecule has 1 unspecified atom stereocenters. The monoisotopic (exact) mass is 286 g/mol. The van der Waals surface area contributed by atoms with Crippen LogP contribution in [0, 0.1) is 0 Å². The second-order valence-electron chi connectivity index (χ2n) is 5.09. The SMILES string of the molecule is CCN(C)c1cnn(CC(CN)c2ccccc2)c(=O)c1. The van der Waals surface area contributed by atoms with E-state index >= 15 is 0 Å². The highest BCUT2D eigenvalue weighted by molar-refractivity contribution is 5.41. The van der Waals surface area contributed by atoms with Crippen LogP contribution in [-0.4, -0.2) is 29.9 Å². The molecule has 0 radical (unpaired) electrons. The molecule has 112 valence electrons. The van der Waals surface area contributed by atoms with Crippen molar-refractivity contribution in [3.63, 3.8) is 0 Å². The highest BCUT2D eigenvalue weighted by Crippen LogP contribution is 2.15. The van der Waals surface area contributed by atoms with Crippen molar-refractivity contribution in [3.05, 3.63) is 58.5 Å². The summed E-state index contributed by atoms with van der Waals surface area (Å²) >= 11 is 0. The maximum atomic E-state index is 12.2. The third-order valence-electron chi connectivity index (χ3n) is 3.72. The second-order valence-corrected chi connectivity index (χ2v) is 5.09. The topological polar surface area (TPSA) is 64.2 Å². The van der Waals surface area contributed by atoms with Gasteiger partial charge in [0.25, 0.3) is 5.56 Å². The summed E-state index contributed by atoms with van der Waals surface area (Å²) in [5.74, 6) is 0.0890. The summed E-state index contributed by atoms with van der Waals surface area (Å²) in [7, 11) is 1.94. The lowest BCUT2D eigenvalue weighted by atomic mass is 9.99. The Labute approximate surface area is 125 Å². The van der Waals surface area contributed by atoms with E-state index in [0.29, 0.717) is 13.1 Å². The maximum absolute atomic E-state index is 12.2. The van der Waals surface area contributed by atoms with Crippen molar-refractivity contribution in [2.75, 3.05) is 25.0 Å². The first kappa shape index (κ1) is 15.3. The Morgan fingerprint density at radius 1 is 1.33 bits per heavy atom. The Bertz CT molecular complexity index is 624. The van der Waals surface area contributed by atoms with Crippen LogP contribution in [0.15, 0.2) is 47.4 Å². The largest absolute Gasteiger partial charge is 0.373 e. The van der Waals surface area contributed by atoms with Crippen molar-refractivity contribution in [3.8, 4) is 0 Å². The molecule has 0 bridgehead atoms. The van der Waals surface area contributed by atoms with Crippen LogP contribution < -0.4 is 16.2 Å². The molecule has 0 aliphatic heterocycles. The molecule has 1 aromatic carbocycles. The number of nitrogens with zero attached hydrogens (tertiary/aromatic N) is 3. The third-order valence-corrected chi connectivity index (χ3v) is 3.72. The minimum Gasteiger partial charge on any atom is -0.373 e. The molecule has 5 nitrogen and oxygen atoms in total. The minimum absolute atomic E-state index is 0.0890. The van der Waals surface area contributed by atoms with E-state index in [1.54, 1.807) is 12.3 Å². The number of benzene rings is 1. The van der Waals surface area contributed by atoms with Gasteiger partial charge in [0, 0.05) is 32.1 Å². The molecule has 2 rings (SSSR count). The van der Waals surface area contributed by atoms with Crippen molar-refractivity contribution < 1.29 is 0 Å². The number of anilines is 1. The van der Waals surface area contributed by atoms with Gasteiger partial charge in [-0.2, -0.15) is 5.10 Å². The number of hydrogen-bond acceptors (Lipinski definition) is 4. The van der Waals surface area contributed by atoms with Crippen LogP contribution in [0.5, 0.6) is 0 Å². The van der Waals surface area contributed by atoms with Gasteiger partial charge in [-0.15, -0.1) is 0 Å². The van der Waals surface area contributed by atoms with Gasteiger partial charge >= 0.3 is 0 Å². The lowest BCUT2D eigenvalue weighted by Gasteiger charge is -2.18. The van der Waals surface area contributed by atoms with Crippen LogP contribution in [0.1, 0.15) is 18.4 Å². The Hall–Kier alpha value is -2.14. The van der Waals surface area contributed by atoms with Gasteiger partial charge < -0.3 is 10.6 Å². The van der Waals surface area contributed by atoms with Crippen LogP contribution in [-0.2, 0) is 6.54 Å². The third kappa shape index (κ3) is 3.70. The van der Waals surface area contributed by atoms with E-state index in [0.717, 1.165) is 17.8 Å². The van der Waals surface area contributed by atoms with Gasteiger partial charge in [0.05, 0.1) is 18.4 Å². The van der Waals surface area contributed by atoms with E-state index in [4.69, 9.17) is 5.73 Å². The molecule has 1 heterocycles. The summed E-state index contributed by atoms with van der Waals surface area (Å²) < 4.78 is 1.48. The predicted molar refractivity (Wildman–Crippen MR) is 85.7 cm³/mol. The molecular weight excluding hydrogens is 264 g/mol. The zero-order chi connectivity index (χ0) is 15.2. The Morgan fingerprint density at radius 3 is 2.62 bits per heavy atom. The quantitative estimate of drug-likeness (QED) is 0.873. The molecule has 0 saturated heterocycles. The molecule has 5 heteroatoms. The number of nitrogens with two attached hydrogens (primary N) is 1. The maximum Gasteiger partial charge on any atom is 0.268 e. The highest BCUT2D eigenvalue weighted by atomic mass is 16.1. The first-order valence-corrected chi connectivity index (χ1v) is 7.19. The van der Waals surface area contributed by atoms with Crippen molar-refractivity contribution >= 4 is 5.69 Å². The Balaban J connectivity index is 2.21. The lowest BCUT2D eigenvalue weighted by molar-refractivity contribution is 0.498. The van der Waals surface area contributed by atoms with Crippen LogP contribution >= 0.6 is 0 Å². The lowest BCUT2D eigenvalue weighted by Crippen LogP contribution is -2.29. The van der Waals surface area contributed by atoms with Crippen molar-refractivity contribution in [1.82, 2.24) is 9.78 Å². The molecule has 2 N–H and O–H groups in total. The van der Waals surface area contributed by atoms with Crippen LogP contribution in [0.3, 0.4) is 0 Å². The standard InChI is InChI=1S/C16H22N4O/c1-3-19(2)15-9-16(21)20(18-11-15)12-14(10-17)13-7-5-4-6-8-13/h4-9,11,14H,3,10,12,17H2,1-2H3. The van der Waals surface area contributed by atoms with E-state index in [1.165, 1.54) is 4.68 Å². The fraction of sp³-hybridized carbons (Fsp3) is 0.375. The van der Waals surface area contributed by atoms with Crippen LogP contribution in [0.2, 0.25) is 0 Å². The van der Waals surface area contributed by atoms with E-state index in [9.17, 15) is 4.79 Å². The zero-order valence-corrected chi connectivity index (χ0v) is 12.6. The van der Waals surface area contributed by atoms with Gasteiger partial charge in [0.15, 0.2) is 0 Å². The minimum atomic E-state index is -0.0952. The Kier molecular flexibility index (Phi) is 5.11. The molecular formula is C16H22N4O. The zero-order valence-electron chi connectivity index (χ0n) is 12.6. The summed E-state index contributed by atoms with van der Waals surface area (Å²) in [6.45, 7) is 3.84. The van der Waals surface area contributed by atoms with Crippen LogP contribution in [0.4, 0.5) is 5.69 Å². The van der Waals surface area contributed by atoms with Gasteiger partial charge in [-0.25, -0.2) is 4.68 Å². The normalized spacial score (nSPS) is 12.1. The summed E-state index contributed by atoms with van der Waals surface area (Å²) in [5.41, 5.74) is 7.72. The van der Waals surface area contributed by atoms with E-state index in [-0.39, 0.29) is 11.5 Å². The van der Waals surface area contributed by atoms with Gasteiger partial charge in [0.1, 0.15) is 0 Å². The first-order chi connectivity index (χ1) is 10.2. The number of hydrogen-bond donors (Lipinski definition) is 1. The first-order valence-electron chi connectivity index (χ1n) is 7.19. The van der Waals surface area contributed by atoms with Crippen molar-refractivity contribution in [1.29, 1.82) is 0 Å². The van der Waals surface area contributed by atoms with Crippen LogP contribution in [0.25, 0.3) is 0 Å². The second kappa shape index (κ2) is 7.04. The molecule has 1 aromatic heterocycles. The van der Waals surface area contributed by atoms with Crippen molar-refractivity contribution in [2.24, 2.45) is 5.73 Å². The molecule has 21 heavy (non-hydrogen) atoms. The number of rotatable bonds is 6. The molecule has 0 amide bonds. The average molecular weight is 286 g/mol. The molecule has 0 aliphatic carbocycles. The van der Waals surface area contributed by atoms with E-state index in [1.807, 2.05) is 49.2 Å². The molecule has 2 aromatic rings. The van der Waals surface area contributed by atoms with Crippen molar-refractivity contribution in [2.45, 2.75) is 19.4 Å². The highest BCUT2D eigenvalue weighted by Gasteiger charge is 2.12. The summed E-state index contributed by atoms with van der Waals surface area (Å²) in [6.07, 6.45) is 1.73. The summed E-state index contributed by atoms with van der Waals surface area (Å²) in [4.78, 5) is 14.2. The fourth-order valence-electron chi connectivity index (χ4n) is 2.20. The summed E-state index contributed by atoms with van der Waals surface area (Å²) in [5, 5.41) is 4.27. The molecule has 0 saturated carbocycles. The fourth-order valence-corrected chi connectivity index (χ4v) is 2.20. The Morgan fingerprint density at radius 2 is 2.05 bits per heavy atom. The van der Waals surface area contributed by atoms with Gasteiger partial charge in [-0.1, -0.05) is 30.3 Å². The summed E-state index contributed by atoms with van der Waals surface area (Å²) in [6, 6.07) is 11.6. The molecule has 0 aliphatic rings. The van der Waals surface area contributed by atoms with E-state index < -0.39 is 0 Å². The number of aromatic nitrogens is 2. The van der Waals surface area contributed by atoms with Gasteiger partial charge in [-0.3, -0.25) is 4.79 Å². The predicted octanol–water partition coefficient (Wildman–Crippen LogP) is 1.44. The smallest absolute Gasteiger partial charge is 0.268 e. The average Bonchev–Trinajstić information content (AvgIpc) is 2.53. The molecule has 0 spiro atoms.